The normalized spacial score (nSPS) is 19.2. The van der Waals surface area contributed by atoms with Crippen molar-refractivity contribution in [2.75, 3.05) is 43.6 Å². The minimum Gasteiger partial charge on any atom is -0.497 e. The molecule has 4 rings (SSSR count). The number of rotatable bonds is 7. The second-order valence-corrected chi connectivity index (χ2v) is 12.1. The summed E-state index contributed by atoms with van der Waals surface area (Å²) in [5, 5.41) is 6.94. The Labute approximate surface area is 203 Å². The second kappa shape index (κ2) is 10.5. The third-order valence-corrected chi connectivity index (χ3v) is 9.47. The molecule has 1 amide bonds. The minimum atomic E-state index is -3.19. The molecule has 0 saturated carbocycles. The van der Waals surface area contributed by atoms with Crippen molar-refractivity contribution >= 4 is 55.9 Å². The van der Waals surface area contributed by atoms with Gasteiger partial charge in [0.2, 0.25) is 15.9 Å². The minimum absolute atomic E-state index is 0.0895. The highest BCUT2D eigenvalue weighted by atomic mass is 32.2. The number of benzene rings is 1. The lowest BCUT2D eigenvalue weighted by atomic mass is 9.96. The largest absolute Gasteiger partial charge is 0.497 e. The average molecular weight is 509 g/mol. The smallest absolute Gasteiger partial charge is 0.230 e. The molecule has 2 aliphatic rings. The van der Waals surface area contributed by atoms with E-state index in [2.05, 4.69) is 10.3 Å². The zero-order valence-corrected chi connectivity index (χ0v) is 21.1. The Morgan fingerprint density at radius 1 is 1.24 bits per heavy atom. The molecule has 0 radical (unpaired) electrons. The summed E-state index contributed by atoms with van der Waals surface area (Å²) in [5.74, 6) is 1.70. The average Bonchev–Trinajstić information content (AvgIpc) is 3.49. The number of carbonyl (C=O) groups excluding carboxylic acids is 1. The number of nitrogens with zero attached hydrogens (tertiary/aromatic N) is 3. The summed E-state index contributed by atoms with van der Waals surface area (Å²) in [6.07, 6.45) is 3.10. The number of thiazole rings is 1. The number of hydrogen-bond donors (Lipinski definition) is 1. The van der Waals surface area contributed by atoms with Gasteiger partial charge in [-0.2, -0.15) is 0 Å². The number of thioether (sulfide) groups is 1. The molecule has 2 fully saturated rings. The van der Waals surface area contributed by atoms with Crippen LogP contribution in [-0.2, 0) is 14.8 Å². The molecule has 1 aromatic heterocycles. The van der Waals surface area contributed by atoms with Crippen molar-refractivity contribution in [2.45, 2.75) is 19.8 Å². The van der Waals surface area contributed by atoms with E-state index in [0.29, 0.717) is 32.5 Å². The van der Waals surface area contributed by atoms with Crippen LogP contribution in [0.3, 0.4) is 0 Å². The van der Waals surface area contributed by atoms with Crippen LogP contribution >= 0.6 is 23.1 Å². The lowest BCUT2D eigenvalue weighted by molar-refractivity contribution is -0.133. The van der Waals surface area contributed by atoms with E-state index in [-0.39, 0.29) is 17.6 Å². The molecule has 0 unspecified atom stereocenters. The van der Waals surface area contributed by atoms with Gasteiger partial charge in [-0.25, -0.2) is 17.7 Å². The van der Waals surface area contributed by atoms with Crippen molar-refractivity contribution in [2.24, 2.45) is 5.92 Å². The second-order valence-electron chi connectivity index (χ2n) is 7.83. The highest BCUT2D eigenvalue weighted by Gasteiger charge is 2.35. The SMILES string of the molecule is CCS(=O)(=O)N1CCC(C(=O)N2CCS/C2=C/c2csc(Nc3ccc(OC)cc3)n2)CC1. The van der Waals surface area contributed by atoms with Gasteiger partial charge >= 0.3 is 0 Å². The molecule has 0 atom stereocenters. The predicted octanol–water partition coefficient (Wildman–Crippen LogP) is 3.83. The summed E-state index contributed by atoms with van der Waals surface area (Å²) < 4.78 is 30.9. The number of ether oxygens (including phenoxy) is 1. The molecule has 2 aliphatic heterocycles. The van der Waals surface area contributed by atoms with Crippen LogP contribution in [0.5, 0.6) is 5.75 Å². The maximum absolute atomic E-state index is 13.2. The van der Waals surface area contributed by atoms with Gasteiger partial charge in [-0.1, -0.05) is 0 Å². The van der Waals surface area contributed by atoms with Crippen LogP contribution in [0.25, 0.3) is 6.08 Å². The number of piperidine rings is 1. The van der Waals surface area contributed by atoms with E-state index < -0.39 is 10.0 Å². The molecule has 3 heterocycles. The molecule has 1 aromatic carbocycles. The number of amides is 1. The van der Waals surface area contributed by atoms with Crippen molar-refractivity contribution in [1.29, 1.82) is 0 Å². The van der Waals surface area contributed by atoms with Gasteiger partial charge in [0, 0.05) is 42.4 Å². The fraction of sp³-hybridized carbons (Fsp3) is 0.455. The lowest BCUT2D eigenvalue weighted by Crippen LogP contribution is -2.43. The predicted molar refractivity (Wildman–Crippen MR) is 134 cm³/mol. The standard InChI is InChI=1S/C22H28N4O4S3/c1-3-33(28,29)25-10-8-16(9-11-25)21(27)26-12-13-31-20(26)14-18-15-32-22(24-18)23-17-4-6-19(30-2)7-5-17/h4-7,14-16H,3,8-13H2,1-2H3,(H,23,24)/b20-14+. The van der Waals surface area contributed by atoms with Gasteiger partial charge in [-0.05, 0) is 50.1 Å². The maximum atomic E-state index is 13.2. The van der Waals surface area contributed by atoms with Crippen molar-refractivity contribution in [3.63, 3.8) is 0 Å². The lowest BCUT2D eigenvalue weighted by Gasteiger charge is -2.32. The summed E-state index contributed by atoms with van der Waals surface area (Å²) in [7, 11) is -1.55. The molecular weight excluding hydrogens is 480 g/mol. The van der Waals surface area contributed by atoms with E-state index in [9.17, 15) is 13.2 Å². The summed E-state index contributed by atoms with van der Waals surface area (Å²) in [5.41, 5.74) is 1.73. The number of carbonyl (C=O) groups is 1. The number of hydrogen-bond acceptors (Lipinski definition) is 8. The Bertz CT molecular complexity index is 1110. The highest BCUT2D eigenvalue weighted by molar-refractivity contribution is 8.03. The van der Waals surface area contributed by atoms with E-state index >= 15 is 0 Å². The topological polar surface area (TPSA) is 91.8 Å². The fourth-order valence-corrected chi connectivity index (χ4v) is 6.73. The number of nitrogens with one attached hydrogen (secondary N) is 1. The summed E-state index contributed by atoms with van der Waals surface area (Å²) in [6.45, 7) is 3.16. The monoisotopic (exact) mass is 508 g/mol. The molecule has 2 aromatic rings. The molecule has 0 spiro atoms. The van der Waals surface area contributed by atoms with E-state index in [1.54, 1.807) is 25.8 Å². The number of anilines is 2. The Hall–Kier alpha value is -2.08. The van der Waals surface area contributed by atoms with Crippen LogP contribution in [-0.4, -0.2) is 66.8 Å². The van der Waals surface area contributed by atoms with Crippen LogP contribution in [0.1, 0.15) is 25.5 Å². The van der Waals surface area contributed by atoms with E-state index in [4.69, 9.17) is 4.74 Å². The van der Waals surface area contributed by atoms with Crippen LogP contribution in [0.4, 0.5) is 10.8 Å². The van der Waals surface area contributed by atoms with Gasteiger partial charge in [0.25, 0.3) is 0 Å². The first-order chi connectivity index (χ1) is 15.9. The number of aromatic nitrogens is 1. The van der Waals surface area contributed by atoms with Crippen molar-refractivity contribution < 1.29 is 17.9 Å². The van der Waals surface area contributed by atoms with Crippen molar-refractivity contribution in [1.82, 2.24) is 14.2 Å². The quantitative estimate of drug-likeness (QED) is 0.608. The van der Waals surface area contributed by atoms with Crippen molar-refractivity contribution in [3.05, 3.63) is 40.4 Å². The molecular formula is C22H28N4O4S3. The molecule has 0 bridgehead atoms. The van der Waals surface area contributed by atoms with E-state index in [1.807, 2.05) is 40.6 Å². The first-order valence-corrected chi connectivity index (χ1v) is 14.4. The molecule has 1 N–H and O–H groups in total. The van der Waals surface area contributed by atoms with Crippen LogP contribution in [0, 0.1) is 5.92 Å². The van der Waals surface area contributed by atoms with E-state index in [1.165, 1.54) is 15.6 Å². The van der Waals surface area contributed by atoms with Gasteiger partial charge < -0.3 is 15.0 Å². The van der Waals surface area contributed by atoms with Gasteiger partial charge in [0.05, 0.1) is 23.6 Å². The zero-order chi connectivity index (χ0) is 23.4. The maximum Gasteiger partial charge on any atom is 0.230 e. The first kappa shape index (κ1) is 24.1. The fourth-order valence-electron chi connectivity index (χ4n) is 3.89. The van der Waals surface area contributed by atoms with Crippen LogP contribution in [0.2, 0.25) is 0 Å². The third kappa shape index (κ3) is 5.71. The molecule has 2 saturated heterocycles. The van der Waals surface area contributed by atoms with Gasteiger partial charge in [-0.15, -0.1) is 23.1 Å². The molecule has 178 valence electrons. The molecule has 33 heavy (non-hydrogen) atoms. The summed E-state index contributed by atoms with van der Waals surface area (Å²) in [6, 6.07) is 7.64. The molecule has 11 heteroatoms. The third-order valence-electron chi connectivity index (χ3n) is 5.79. The highest BCUT2D eigenvalue weighted by Crippen LogP contribution is 2.34. The Kier molecular flexibility index (Phi) is 7.62. The summed E-state index contributed by atoms with van der Waals surface area (Å²) in [4.78, 5) is 19.7. The van der Waals surface area contributed by atoms with Crippen molar-refractivity contribution in [3.8, 4) is 5.75 Å². The molecule has 0 aliphatic carbocycles. The van der Waals surface area contributed by atoms with Gasteiger partial charge in [0.1, 0.15) is 5.75 Å². The van der Waals surface area contributed by atoms with Gasteiger partial charge in [0.15, 0.2) is 5.13 Å². The van der Waals surface area contributed by atoms with Gasteiger partial charge in [-0.3, -0.25) is 4.79 Å². The Balaban J connectivity index is 1.39. The summed E-state index contributed by atoms with van der Waals surface area (Å²) >= 11 is 3.16. The number of sulfonamides is 1. The Morgan fingerprint density at radius 3 is 2.64 bits per heavy atom. The van der Waals surface area contributed by atoms with E-state index in [0.717, 1.165) is 33.0 Å². The zero-order valence-electron chi connectivity index (χ0n) is 18.7. The number of methoxy groups -OCH3 is 1. The van der Waals surface area contributed by atoms with Crippen LogP contribution in [0.15, 0.2) is 34.7 Å². The first-order valence-electron chi connectivity index (χ1n) is 10.9. The Morgan fingerprint density at radius 2 is 1.97 bits per heavy atom. The molecule has 8 nitrogen and oxygen atoms in total. The van der Waals surface area contributed by atoms with Crippen LogP contribution < -0.4 is 10.1 Å².